The summed E-state index contributed by atoms with van der Waals surface area (Å²) in [5.41, 5.74) is 0. The Balaban J connectivity index is 1.45. The quantitative estimate of drug-likeness (QED) is 0.929. The summed E-state index contributed by atoms with van der Waals surface area (Å²) in [4.78, 5) is 12.0. The Morgan fingerprint density at radius 1 is 1.09 bits per heavy atom. The molecule has 1 fully saturated rings. The van der Waals surface area contributed by atoms with Crippen molar-refractivity contribution < 1.29 is 19.0 Å². The van der Waals surface area contributed by atoms with Crippen molar-refractivity contribution >= 4 is 5.91 Å². The molecule has 0 radical (unpaired) electrons. The molecule has 0 unspecified atom stereocenters. The summed E-state index contributed by atoms with van der Waals surface area (Å²) in [5.74, 6) is 1.95. The molecule has 1 aliphatic carbocycles. The van der Waals surface area contributed by atoms with Crippen molar-refractivity contribution in [1.82, 2.24) is 5.32 Å². The molecule has 1 aromatic carbocycles. The first-order valence-electron chi connectivity index (χ1n) is 8.13. The molecule has 1 heterocycles. The van der Waals surface area contributed by atoms with Gasteiger partial charge < -0.3 is 19.5 Å². The van der Waals surface area contributed by atoms with Crippen LogP contribution in [0.5, 0.6) is 17.2 Å². The number of fused-ring (bicyclic) bond motifs is 1. The first kappa shape index (κ1) is 15.0. The van der Waals surface area contributed by atoms with E-state index in [9.17, 15) is 4.79 Å². The van der Waals surface area contributed by atoms with E-state index >= 15 is 0 Å². The van der Waals surface area contributed by atoms with Crippen molar-refractivity contribution in [3.63, 3.8) is 0 Å². The van der Waals surface area contributed by atoms with Gasteiger partial charge in [0.2, 0.25) is 6.79 Å². The van der Waals surface area contributed by atoms with Gasteiger partial charge in [-0.2, -0.15) is 0 Å². The van der Waals surface area contributed by atoms with Crippen molar-refractivity contribution in [3.8, 4) is 17.2 Å². The molecular weight excluding hydrogens is 282 g/mol. The normalized spacial score (nSPS) is 18.4. The lowest BCUT2D eigenvalue weighted by Crippen LogP contribution is -2.38. The third-order valence-electron chi connectivity index (χ3n) is 4.18. The van der Waals surface area contributed by atoms with Gasteiger partial charge in [0.25, 0.3) is 5.91 Å². The van der Waals surface area contributed by atoms with Crippen molar-refractivity contribution in [1.29, 1.82) is 0 Å². The second-order valence-corrected chi connectivity index (χ2v) is 5.91. The van der Waals surface area contributed by atoms with Gasteiger partial charge in [0.15, 0.2) is 18.1 Å². The molecule has 1 aliphatic heterocycles. The number of ether oxygens (including phenoxy) is 3. The fourth-order valence-corrected chi connectivity index (χ4v) is 2.99. The number of benzene rings is 1. The van der Waals surface area contributed by atoms with Crippen molar-refractivity contribution in [2.24, 2.45) is 0 Å². The van der Waals surface area contributed by atoms with Crippen LogP contribution in [-0.2, 0) is 4.79 Å². The van der Waals surface area contributed by atoms with E-state index in [1.54, 1.807) is 18.2 Å². The van der Waals surface area contributed by atoms with E-state index in [1.807, 2.05) is 0 Å². The molecule has 120 valence electrons. The van der Waals surface area contributed by atoms with Crippen molar-refractivity contribution in [3.05, 3.63) is 18.2 Å². The van der Waals surface area contributed by atoms with Crippen LogP contribution < -0.4 is 19.5 Å². The maximum Gasteiger partial charge on any atom is 0.258 e. The zero-order valence-corrected chi connectivity index (χ0v) is 12.8. The van der Waals surface area contributed by atoms with Gasteiger partial charge >= 0.3 is 0 Å². The first-order chi connectivity index (χ1) is 10.8. The van der Waals surface area contributed by atoms with Crippen LogP contribution in [0.2, 0.25) is 0 Å². The summed E-state index contributed by atoms with van der Waals surface area (Å²) in [7, 11) is 0. The molecule has 0 spiro atoms. The van der Waals surface area contributed by atoms with Crippen LogP contribution in [0.25, 0.3) is 0 Å². The summed E-state index contributed by atoms with van der Waals surface area (Å²) in [6, 6.07) is 5.64. The zero-order chi connectivity index (χ0) is 15.2. The molecule has 22 heavy (non-hydrogen) atoms. The molecule has 5 heteroatoms. The van der Waals surface area contributed by atoms with Gasteiger partial charge in [-0.25, -0.2) is 0 Å². The Bertz CT molecular complexity index is 509. The van der Waals surface area contributed by atoms with Crippen molar-refractivity contribution in [2.75, 3.05) is 13.4 Å². The molecule has 1 amide bonds. The predicted octanol–water partition coefficient (Wildman–Crippen LogP) is 3.02. The number of hydrogen-bond donors (Lipinski definition) is 1. The topological polar surface area (TPSA) is 56.8 Å². The van der Waals surface area contributed by atoms with Crippen LogP contribution in [0.1, 0.15) is 44.9 Å². The van der Waals surface area contributed by atoms with E-state index in [0.29, 0.717) is 23.3 Å². The van der Waals surface area contributed by atoms with Crippen molar-refractivity contribution in [2.45, 2.75) is 51.0 Å². The molecular formula is C17H23NO4. The lowest BCUT2D eigenvalue weighted by atomic mass is 9.97. The van der Waals surface area contributed by atoms with Crippen LogP contribution in [0.4, 0.5) is 0 Å². The molecule has 5 nitrogen and oxygen atoms in total. The van der Waals surface area contributed by atoms with Gasteiger partial charge in [0.05, 0.1) is 0 Å². The third kappa shape index (κ3) is 4.06. The van der Waals surface area contributed by atoms with Gasteiger partial charge in [0.1, 0.15) is 5.75 Å². The van der Waals surface area contributed by atoms with E-state index < -0.39 is 0 Å². The molecule has 0 aromatic heterocycles. The summed E-state index contributed by atoms with van der Waals surface area (Å²) >= 11 is 0. The summed E-state index contributed by atoms with van der Waals surface area (Å²) in [6.07, 6.45) is 8.45. The second kappa shape index (κ2) is 7.38. The zero-order valence-electron chi connectivity index (χ0n) is 12.8. The summed E-state index contributed by atoms with van der Waals surface area (Å²) in [5, 5.41) is 3.09. The Morgan fingerprint density at radius 2 is 1.82 bits per heavy atom. The highest BCUT2D eigenvalue weighted by molar-refractivity contribution is 5.77. The molecule has 1 saturated carbocycles. The number of hydrogen-bond acceptors (Lipinski definition) is 4. The highest BCUT2D eigenvalue weighted by Gasteiger charge is 2.16. The Labute approximate surface area is 130 Å². The van der Waals surface area contributed by atoms with Gasteiger partial charge in [-0.05, 0) is 25.0 Å². The summed E-state index contributed by atoms with van der Waals surface area (Å²) in [6.45, 7) is 0.275. The predicted molar refractivity (Wildman–Crippen MR) is 82.3 cm³/mol. The van der Waals surface area contributed by atoms with Gasteiger partial charge in [-0.1, -0.05) is 32.1 Å². The van der Waals surface area contributed by atoms with Crippen LogP contribution in [0.15, 0.2) is 18.2 Å². The number of carbonyl (C=O) groups is 1. The highest BCUT2D eigenvalue weighted by atomic mass is 16.7. The molecule has 2 aliphatic rings. The largest absolute Gasteiger partial charge is 0.484 e. The molecule has 0 saturated heterocycles. The lowest BCUT2D eigenvalue weighted by Gasteiger charge is -2.21. The van der Waals surface area contributed by atoms with E-state index in [-0.39, 0.29) is 19.3 Å². The third-order valence-corrected chi connectivity index (χ3v) is 4.18. The second-order valence-electron chi connectivity index (χ2n) is 5.91. The Morgan fingerprint density at radius 3 is 2.64 bits per heavy atom. The van der Waals surface area contributed by atoms with E-state index in [0.717, 1.165) is 12.8 Å². The van der Waals surface area contributed by atoms with E-state index in [4.69, 9.17) is 14.2 Å². The maximum atomic E-state index is 12.0. The minimum absolute atomic E-state index is 0.0378. The van der Waals surface area contributed by atoms with Gasteiger partial charge in [-0.3, -0.25) is 4.79 Å². The Kier molecular flexibility index (Phi) is 5.03. The first-order valence-corrected chi connectivity index (χ1v) is 8.13. The molecule has 1 N–H and O–H groups in total. The monoisotopic (exact) mass is 305 g/mol. The SMILES string of the molecule is O=C(COc1ccc2c(c1)OCO2)NC1CCCCCCC1. The van der Waals surface area contributed by atoms with E-state index in [2.05, 4.69) is 5.32 Å². The molecule has 0 bridgehead atoms. The average Bonchev–Trinajstić information content (AvgIpc) is 2.95. The van der Waals surface area contributed by atoms with Crippen LogP contribution >= 0.6 is 0 Å². The van der Waals surface area contributed by atoms with Crippen LogP contribution in [0, 0.1) is 0 Å². The maximum absolute atomic E-state index is 12.0. The minimum atomic E-state index is -0.0526. The fraction of sp³-hybridized carbons (Fsp3) is 0.588. The van der Waals surface area contributed by atoms with E-state index in [1.165, 1.54) is 32.1 Å². The minimum Gasteiger partial charge on any atom is -0.484 e. The van der Waals surface area contributed by atoms with Gasteiger partial charge in [-0.15, -0.1) is 0 Å². The summed E-state index contributed by atoms with van der Waals surface area (Å²) < 4.78 is 16.1. The standard InChI is InChI=1S/C17H23NO4/c19-17(18-13-6-4-2-1-3-5-7-13)11-20-14-8-9-15-16(10-14)22-12-21-15/h8-10,13H,1-7,11-12H2,(H,18,19). The average molecular weight is 305 g/mol. The number of rotatable bonds is 4. The Hall–Kier alpha value is -1.91. The molecule has 1 aromatic rings. The molecule has 3 rings (SSSR count). The molecule has 0 atom stereocenters. The smallest absolute Gasteiger partial charge is 0.258 e. The number of nitrogens with one attached hydrogen (secondary N) is 1. The highest BCUT2D eigenvalue weighted by Crippen LogP contribution is 2.35. The fourth-order valence-electron chi connectivity index (χ4n) is 2.99. The van der Waals surface area contributed by atoms with Crippen LogP contribution in [0.3, 0.4) is 0 Å². The van der Waals surface area contributed by atoms with Crippen LogP contribution in [-0.4, -0.2) is 25.3 Å². The van der Waals surface area contributed by atoms with Gasteiger partial charge in [0, 0.05) is 12.1 Å². The number of amides is 1. The number of carbonyl (C=O) groups excluding carboxylic acids is 1. The lowest BCUT2D eigenvalue weighted by molar-refractivity contribution is -0.123.